The number of aliphatic hydroxyl groups is 2. The number of benzene rings is 2. The second kappa shape index (κ2) is 12.3. The lowest BCUT2D eigenvalue weighted by Crippen LogP contribution is -2.44. The van der Waals surface area contributed by atoms with E-state index in [2.05, 4.69) is 10.6 Å². The molecule has 4 N–H and O–H groups in total. The van der Waals surface area contributed by atoms with Gasteiger partial charge < -0.3 is 30.6 Å². The third kappa shape index (κ3) is 5.90. The van der Waals surface area contributed by atoms with Crippen molar-refractivity contribution in [3.05, 3.63) is 70.8 Å². The zero-order chi connectivity index (χ0) is 29.1. The highest BCUT2D eigenvalue weighted by atomic mass is 35.5. The maximum absolute atomic E-state index is 13.8. The van der Waals surface area contributed by atoms with E-state index >= 15 is 0 Å². The first kappa shape index (κ1) is 29.3. The van der Waals surface area contributed by atoms with Crippen LogP contribution in [0.3, 0.4) is 0 Å². The van der Waals surface area contributed by atoms with Crippen molar-refractivity contribution in [1.82, 2.24) is 10.2 Å². The van der Waals surface area contributed by atoms with Gasteiger partial charge in [-0.05, 0) is 68.1 Å². The fraction of sp³-hybridized carbons (Fsp3) is 0.452. The molecule has 4 atom stereocenters. The predicted molar refractivity (Wildman–Crippen MR) is 157 cm³/mol. The summed E-state index contributed by atoms with van der Waals surface area (Å²) in [5, 5.41) is 27.9. The van der Waals surface area contributed by atoms with Crippen molar-refractivity contribution in [3.8, 4) is 0 Å². The molecule has 3 aliphatic rings. The number of nitrogens with zero attached hydrogens (tertiary/aromatic N) is 2. The van der Waals surface area contributed by atoms with Crippen LogP contribution in [0.15, 0.2) is 54.6 Å². The summed E-state index contributed by atoms with van der Waals surface area (Å²) in [6.45, 7) is 3.39. The maximum atomic E-state index is 13.8. The highest BCUT2D eigenvalue weighted by Crippen LogP contribution is 2.46. The van der Waals surface area contributed by atoms with Gasteiger partial charge in [-0.1, -0.05) is 42.8 Å². The minimum Gasteiger partial charge on any atom is -0.394 e. The van der Waals surface area contributed by atoms with Crippen molar-refractivity contribution < 1.29 is 24.6 Å². The summed E-state index contributed by atoms with van der Waals surface area (Å²) >= 11 is 6.29. The van der Waals surface area contributed by atoms with Gasteiger partial charge in [-0.3, -0.25) is 14.4 Å². The van der Waals surface area contributed by atoms with Crippen molar-refractivity contribution >= 4 is 40.7 Å². The molecule has 0 aromatic heterocycles. The van der Waals surface area contributed by atoms with Gasteiger partial charge in [-0.25, -0.2) is 0 Å². The van der Waals surface area contributed by atoms with E-state index in [0.29, 0.717) is 28.5 Å². The van der Waals surface area contributed by atoms with Crippen molar-refractivity contribution in [2.45, 2.75) is 63.3 Å². The smallest absolute Gasteiger partial charge is 0.264 e. The van der Waals surface area contributed by atoms with Gasteiger partial charge in [0, 0.05) is 35.2 Å². The van der Waals surface area contributed by atoms with Crippen LogP contribution in [-0.2, 0) is 26.5 Å². The number of hydrogen-bond acceptors (Lipinski definition) is 6. The van der Waals surface area contributed by atoms with Gasteiger partial charge in [0.15, 0.2) is 5.60 Å². The Bertz CT molecular complexity index is 1330. The molecule has 5 rings (SSSR count). The monoisotopic (exact) mass is 580 g/mol. The lowest BCUT2D eigenvalue weighted by molar-refractivity contribution is -0.139. The van der Waals surface area contributed by atoms with Crippen LogP contribution >= 0.6 is 11.6 Å². The molecule has 218 valence electrons. The number of hydrogen-bond donors (Lipinski definition) is 4. The van der Waals surface area contributed by atoms with Gasteiger partial charge in [-0.2, -0.15) is 0 Å². The molecular weight excluding hydrogens is 544 g/mol. The van der Waals surface area contributed by atoms with Crippen molar-refractivity contribution in [2.24, 2.45) is 5.92 Å². The minimum absolute atomic E-state index is 0.0528. The highest BCUT2D eigenvalue weighted by molar-refractivity contribution is 6.31. The van der Waals surface area contributed by atoms with E-state index in [9.17, 15) is 24.6 Å². The molecule has 2 aromatic rings. The Morgan fingerprint density at radius 2 is 1.98 bits per heavy atom. The Labute approximate surface area is 245 Å². The molecule has 9 nitrogen and oxygen atoms in total. The third-order valence-corrected chi connectivity index (χ3v) is 8.69. The molecule has 0 saturated carbocycles. The summed E-state index contributed by atoms with van der Waals surface area (Å²) in [5.74, 6) is -1.25. The molecule has 10 heteroatoms. The van der Waals surface area contributed by atoms with E-state index in [4.69, 9.17) is 11.6 Å². The molecule has 0 aliphatic carbocycles. The van der Waals surface area contributed by atoms with E-state index in [-0.39, 0.29) is 43.5 Å². The van der Waals surface area contributed by atoms with Gasteiger partial charge in [0.2, 0.25) is 11.8 Å². The molecule has 2 aromatic carbocycles. The summed E-state index contributed by atoms with van der Waals surface area (Å²) in [7, 11) is 0. The first-order valence-corrected chi connectivity index (χ1v) is 14.6. The number of nitrogens with one attached hydrogen (secondary N) is 2. The first-order chi connectivity index (χ1) is 19.7. The summed E-state index contributed by atoms with van der Waals surface area (Å²) < 4.78 is 0. The molecule has 0 radical (unpaired) electrons. The quantitative estimate of drug-likeness (QED) is 0.338. The van der Waals surface area contributed by atoms with Gasteiger partial charge in [0.25, 0.3) is 5.91 Å². The van der Waals surface area contributed by atoms with Gasteiger partial charge in [-0.15, -0.1) is 0 Å². The van der Waals surface area contributed by atoms with E-state index < -0.39 is 17.4 Å². The Hall–Kier alpha value is -3.24. The normalized spacial score (nSPS) is 24.7. The largest absolute Gasteiger partial charge is 0.394 e. The van der Waals surface area contributed by atoms with Gasteiger partial charge in [0.05, 0.1) is 30.9 Å². The molecular formula is C31H37ClN4O5. The Balaban J connectivity index is 1.29. The topological polar surface area (TPSA) is 122 Å². The molecule has 3 amide bonds. The van der Waals surface area contributed by atoms with Crippen LogP contribution in [0.2, 0.25) is 5.02 Å². The van der Waals surface area contributed by atoms with Crippen LogP contribution in [0.1, 0.15) is 50.2 Å². The van der Waals surface area contributed by atoms with E-state index in [1.165, 1.54) is 0 Å². The molecule has 3 aliphatic heterocycles. The third-order valence-electron chi connectivity index (χ3n) is 8.45. The zero-order valence-electron chi connectivity index (χ0n) is 23.2. The van der Waals surface area contributed by atoms with Crippen molar-refractivity contribution in [1.29, 1.82) is 0 Å². The molecule has 3 heterocycles. The van der Waals surface area contributed by atoms with Crippen molar-refractivity contribution in [2.75, 3.05) is 29.9 Å². The highest BCUT2D eigenvalue weighted by Gasteiger charge is 2.52. The zero-order valence-corrected chi connectivity index (χ0v) is 23.9. The number of aliphatic hydroxyl groups excluding tert-OH is 1. The Kier molecular flexibility index (Phi) is 8.79. The fourth-order valence-corrected chi connectivity index (χ4v) is 6.25. The minimum atomic E-state index is -1.86. The van der Waals surface area contributed by atoms with Crippen LogP contribution < -0.4 is 15.5 Å². The number of fused-ring (bicyclic) bond motifs is 1. The molecule has 2 saturated heterocycles. The summed E-state index contributed by atoms with van der Waals surface area (Å²) in [5.41, 5.74) is 0.648. The number of amides is 3. The molecule has 41 heavy (non-hydrogen) atoms. The van der Waals surface area contributed by atoms with Crippen LogP contribution in [0.4, 0.5) is 11.4 Å². The molecule has 0 unspecified atom stereocenters. The second-order valence-electron chi connectivity index (χ2n) is 11.1. The fourth-order valence-electron chi connectivity index (χ4n) is 6.07. The van der Waals surface area contributed by atoms with E-state index in [1.807, 2.05) is 24.3 Å². The number of halogens is 1. The number of carbonyl (C=O) groups is 3. The van der Waals surface area contributed by atoms with Crippen molar-refractivity contribution in [3.63, 3.8) is 0 Å². The van der Waals surface area contributed by atoms with E-state index in [0.717, 1.165) is 37.8 Å². The summed E-state index contributed by atoms with van der Waals surface area (Å²) in [4.78, 5) is 42.2. The summed E-state index contributed by atoms with van der Waals surface area (Å²) in [6, 6.07) is 12.0. The van der Waals surface area contributed by atoms with E-state index in [1.54, 1.807) is 47.1 Å². The van der Waals surface area contributed by atoms with Crippen LogP contribution in [-0.4, -0.2) is 64.6 Å². The average Bonchev–Trinajstić information content (AvgIpc) is 3.72. The standard InChI is InChI=1S/C31H37ClN4O5/c1-20(5-2-8-28(38)35-16-4-6-24(35)19-37)31(41)25-17-22(32)11-14-27(25)36(30(31)40)18-21-9-12-23(13-10-21)34-29(39)26-7-3-15-33-26/h2,5,9-14,17,20,24,26,33,37,41H,3-4,6-8,15-16,18-19H2,1H3,(H,34,39)/b5-2+/t20-,24-,26+,31+/m0/s1. The lowest BCUT2D eigenvalue weighted by Gasteiger charge is -2.28. The predicted octanol–water partition coefficient (Wildman–Crippen LogP) is 3.33. The number of likely N-dealkylation sites (tertiary alicyclic amines) is 1. The second-order valence-corrected chi connectivity index (χ2v) is 11.6. The van der Waals surface area contributed by atoms with Gasteiger partial charge in [0.1, 0.15) is 0 Å². The lowest BCUT2D eigenvalue weighted by atomic mass is 9.83. The summed E-state index contributed by atoms with van der Waals surface area (Å²) in [6.07, 6.45) is 6.97. The molecule has 2 fully saturated rings. The SMILES string of the molecule is C[C@@H](/C=C/CC(=O)N1CCC[C@H]1CO)[C@]1(O)C(=O)N(Cc2ccc(NC(=O)[C@H]3CCCN3)cc2)c2ccc(Cl)cc21. The Morgan fingerprint density at radius 1 is 1.20 bits per heavy atom. The maximum Gasteiger partial charge on any atom is 0.264 e. The van der Waals surface area contributed by atoms with Crippen LogP contribution in [0, 0.1) is 5.92 Å². The average molecular weight is 581 g/mol. The first-order valence-electron chi connectivity index (χ1n) is 14.3. The number of anilines is 2. The molecule has 0 bridgehead atoms. The van der Waals surface area contributed by atoms with Crippen LogP contribution in [0.25, 0.3) is 0 Å². The molecule has 0 spiro atoms. The van der Waals surface area contributed by atoms with Crippen LogP contribution in [0.5, 0.6) is 0 Å². The number of rotatable bonds is 9. The number of carbonyl (C=O) groups excluding carboxylic acids is 3. The Morgan fingerprint density at radius 3 is 2.68 bits per heavy atom. The van der Waals surface area contributed by atoms with Gasteiger partial charge >= 0.3 is 0 Å².